The monoisotopic (exact) mass is 238 g/mol. The van der Waals surface area contributed by atoms with E-state index in [0.29, 0.717) is 0 Å². The predicted octanol–water partition coefficient (Wildman–Crippen LogP) is 1.57. The van der Waals surface area contributed by atoms with Crippen LogP contribution in [0.3, 0.4) is 0 Å². The summed E-state index contributed by atoms with van der Waals surface area (Å²) in [5.41, 5.74) is 0. The van der Waals surface area contributed by atoms with Crippen molar-refractivity contribution in [1.29, 1.82) is 0 Å². The van der Waals surface area contributed by atoms with Crippen LogP contribution in [0, 0.1) is 12.3 Å². The Kier molecular flexibility index (Phi) is 5.02. The molecule has 0 aliphatic carbocycles. The van der Waals surface area contributed by atoms with Crippen molar-refractivity contribution in [3.05, 3.63) is 0 Å². The van der Waals surface area contributed by atoms with Crippen LogP contribution in [-0.4, -0.2) is 48.1 Å². The highest BCUT2D eigenvalue weighted by atomic mass is 32.2. The molecule has 0 saturated carbocycles. The summed E-state index contributed by atoms with van der Waals surface area (Å²) in [6, 6.07) is 1.50. The van der Waals surface area contributed by atoms with Crippen LogP contribution in [0.4, 0.5) is 0 Å². The Labute approximate surface area is 104 Å². The van der Waals surface area contributed by atoms with Crippen LogP contribution in [0.2, 0.25) is 0 Å². The lowest BCUT2D eigenvalue weighted by Crippen LogP contribution is -2.47. The lowest BCUT2D eigenvalue weighted by molar-refractivity contribution is 0.209. The first kappa shape index (κ1) is 12.3. The number of terminal acetylenes is 1. The van der Waals surface area contributed by atoms with Gasteiger partial charge in [0.2, 0.25) is 0 Å². The summed E-state index contributed by atoms with van der Waals surface area (Å²) in [5.74, 6) is 5.41. The molecule has 1 unspecified atom stereocenters. The fraction of sp³-hybridized carbons (Fsp3) is 0.846. The summed E-state index contributed by atoms with van der Waals surface area (Å²) in [6.45, 7) is 3.16. The minimum Gasteiger partial charge on any atom is -0.310 e. The van der Waals surface area contributed by atoms with Gasteiger partial charge in [-0.2, -0.15) is 11.8 Å². The molecule has 2 aliphatic rings. The van der Waals surface area contributed by atoms with E-state index in [1.54, 1.807) is 0 Å². The molecule has 2 nitrogen and oxygen atoms in total. The molecule has 90 valence electrons. The maximum atomic E-state index is 5.33. The molecular weight excluding hydrogens is 216 g/mol. The van der Waals surface area contributed by atoms with Gasteiger partial charge in [0.15, 0.2) is 0 Å². The molecule has 16 heavy (non-hydrogen) atoms. The molecule has 2 heterocycles. The quantitative estimate of drug-likeness (QED) is 0.751. The number of likely N-dealkylation sites (tertiary alicyclic amines) is 1. The molecule has 3 heteroatoms. The lowest BCUT2D eigenvalue weighted by Gasteiger charge is -2.34. The molecule has 0 aromatic heterocycles. The van der Waals surface area contributed by atoms with E-state index in [2.05, 4.69) is 27.9 Å². The van der Waals surface area contributed by atoms with E-state index < -0.39 is 0 Å². The highest BCUT2D eigenvalue weighted by Gasteiger charge is 2.22. The molecule has 2 rings (SSSR count). The van der Waals surface area contributed by atoms with E-state index >= 15 is 0 Å². The predicted molar refractivity (Wildman–Crippen MR) is 71.8 cm³/mol. The van der Waals surface area contributed by atoms with Crippen LogP contribution >= 0.6 is 11.8 Å². The van der Waals surface area contributed by atoms with E-state index in [1.807, 2.05) is 0 Å². The second kappa shape index (κ2) is 6.54. The van der Waals surface area contributed by atoms with E-state index in [-0.39, 0.29) is 0 Å². The minimum atomic E-state index is 0.734. The van der Waals surface area contributed by atoms with E-state index in [9.17, 15) is 0 Å². The van der Waals surface area contributed by atoms with Crippen molar-refractivity contribution in [2.45, 2.75) is 37.8 Å². The Balaban J connectivity index is 1.66. The second-order valence-corrected chi connectivity index (χ2v) is 5.99. The largest absolute Gasteiger partial charge is 0.310 e. The van der Waals surface area contributed by atoms with Crippen molar-refractivity contribution >= 4 is 11.8 Å². The van der Waals surface area contributed by atoms with Crippen molar-refractivity contribution in [3.8, 4) is 12.3 Å². The summed E-state index contributed by atoms with van der Waals surface area (Å²) in [4.78, 5) is 2.38. The van der Waals surface area contributed by atoms with Gasteiger partial charge in [-0.25, -0.2) is 0 Å². The molecule has 2 fully saturated rings. The van der Waals surface area contributed by atoms with Gasteiger partial charge in [-0.1, -0.05) is 5.92 Å². The smallest absolute Gasteiger partial charge is 0.0598 e. The van der Waals surface area contributed by atoms with Gasteiger partial charge in [-0.15, -0.1) is 6.42 Å². The van der Waals surface area contributed by atoms with Gasteiger partial charge in [0.05, 0.1) is 6.54 Å². The van der Waals surface area contributed by atoms with Gasteiger partial charge in [0.1, 0.15) is 0 Å². The van der Waals surface area contributed by atoms with Gasteiger partial charge in [-0.3, -0.25) is 4.90 Å². The number of piperidine rings is 1. The number of thioether (sulfide) groups is 1. The van der Waals surface area contributed by atoms with Crippen molar-refractivity contribution in [2.75, 3.05) is 31.1 Å². The first-order valence-corrected chi connectivity index (χ1v) is 7.53. The molecule has 0 aromatic carbocycles. The normalized spacial score (nSPS) is 28.8. The Hall–Kier alpha value is -0.170. The number of hydrogen-bond donors (Lipinski definition) is 1. The summed E-state index contributed by atoms with van der Waals surface area (Å²) in [6.07, 6.45) is 10.6. The number of nitrogens with one attached hydrogen (secondary N) is 1. The van der Waals surface area contributed by atoms with Crippen LogP contribution in [0.1, 0.15) is 25.7 Å². The van der Waals surface area contributed by atoms with Crippen LogP contribution in [0.25, 0.3) is 0 Å². The van der Waals surface area contributed by atoms with Crippen molar-refractivity contribution < 1.29 is 0 Å². The van der Waals surface area contributed by atoms with Gasteiger partial charge < -0.3 is 5.32 Å². The number of hydrogen-bond acceptors (Lipinski definition) is 3. The summed E-state index contributed by atoms with van der Waals surface area (Å²) in [5, 5.41) is 3.82. The third-order valence-electron chi connectivity index (χ3n) is 3.53. The van der Waals surface area contributed by atoms with Crippen LogP contribution in [-0.2, 0) is 0 Å². The molecule has 0 bridgehead atoms. The SMILES string of the molecule is C#CCN1CCC(NC2CCCSC2)CC1. The fourth-order valence-corrected chi connectivity index (χ4v) is 3.68. The lowest BCUT2D eigenvalue weighted by atomic mass is 10.0. The Morgan fingerprint density at radius 3 is 2.69 bits per heavy atom. The van der Waals surface area contributed by atoms with E-state index in [0.717, 1.165) is 18.6 Å². The van der Waals surface area contributed by atoms with Crippen LogP contribution < -0.4 is 5.32 Å². The minimum absolute atomic E-state index is 0.734. The van der Waals surface area contributed by atoms with Crippen molar-refractivity contribution in [1.82, 2.24) is 10.2 Å². The van der Waals surface area contributed by atoms with Gasteiger partial charge in [-0.05, 0) is 31.4 Å². The third-order valence-corrected chi connectivity index (χ3v) is 4.75. The van der Waals surface area contributed by atoms with Crippen LogP contribution in [0.5, 0.6) is 0 Å². The zero-order chi connectivity index (χ0) is 11.2. The summed E-state index contributed by atoms with van der Waals surface area (Å²) < 4.78 is 0. The molecular formula is C13H22N2S. The Bertz CT molecular complexity index is 235. The first-order chi connectivity index (χ1) is 7.88. The molecule has 0 aromatic rings. The molecule has 0 spiro atoms. The zero-order valence-electron chi connectivity index (χ0n) is 9.95. The van der Waals surface area contributed by atoms with Crippen molar-refractivity contribution in [3.63, 3.8) is 0 Å². The number of rotatable bonds is 3. The highest BCUT2D eigenvalue weighted by Crippen LogP contribution is 2.19. The average Bonchev–Trinajstić information content (AvgIpc) is 2.33. The van der Waals surface area contributed by atoms with Crippen molar-refractivity contribution in [2.24, 2.45) is 0 Å². The van der Waals surface area contributed by atoms with E-state index in [1.165, 1.54) is 50.3 Å². The van der Waals surface area contributed by atoms with Gasteiger partial charge in [0.25, 0.3) is 0 Å². The van der Waals surface area contributed by atoms with Gasteiger partial charge in [0, 0.05) is 30.9 Å². The average molecular weight is 238 g/mol. The van der Waals surface area contributed by atoms with Crippen LogP contribution in [0.15, 0.2) is 0 Å². The summed E-state index contributed by atoms with van der Waals surface area (Å²) in [7, 11) is 0. The maximum absolute atomic E-state index is 5.33. The van der Waals surface area contributed by atoms with E-state index in [4.69, 9.17) is 6.42 Å². The number of nitrogens with zero attached hydrogens (tertiary/aromatic N) is 1. The zero-order valence-corrected chi connectivity index (χ0v) is 10.8. The fourth-order valence-electron chi connectivity index (χ4n) is 2.59. The highest BCUT2D eigenvalue weighted by molar-refractivity contribution is 7.99. The third kappa shape index (κ3) is 3.69. The molecule has 0 amide bonds. The first-order valence-electron chi connectivity index (χ1n) is 6.38. The Morgan fingerprint density at radius 2 is 2.06 bits per heavy atom. The Morgan fingerprint density at radius 1 is 1.25 bits per heavy atom. The summed E-state index contributed by atoms with van der Waals surface area (Å²) >= 11 is 2.10. The topological polar surface area (TPSA) is 15.3 Å². The maximum Gasteiger partial charge on any atom is 0.0598 e. The van der Waals surface area contributed by atoms with Gasteiger partial charge >= 0.3 is 0 Å². The molecule has 2 aliphatic heterocycles. The second-order valence-electron chi connectivity index (χ2n) is 4.84. The molecule has 0 radical (unpaired) electrons. The molecule has 1 N–H and O–H groups in total. The molecule has 2 saturated heterocycles. The molecule has 1 atom stereocenters. The standard InChI is InChI=1S/C13H22N2S/c1-2-7-15-8-5-12(6-9-15)14-13-4-3-10-16-11-13/h1,12-14H,3-11H2.